The second-order valence-electron chi connectivity index (χ2n) is 5.60. The Hall–Kier alpha value is -1.20. The molecule has 1 aromatic carbocycles. The lowest BCUT2D eigenvalue weighted by Crippen LogP contribution is -2.25. The van der Waals surface area contributed by atoms with Gasteiger partial charge in [0.05, 0.1) is 0 Å². The fraction of sp³-hybridized carbons (Fsp3) is 0.529. The van der Waals surface area contributed by atoms with E-state index in [-0.39, 0.29) is 24.5 Å². The molecule has 0 saturated heterocycles. The van der Waals surface area contributed by atoms with E-state index in [2.05, 4.69) is 35.1 Å². The van der Waals surface area contributed by atoms with Crippen LogP contribution < -0.4 is 5.32 Å². The summed E-state index contributed by atoms with van der Waals surface area (Å²) < 4.78 is 6.37. The highest BCUT2D eigenvalue weighted by Gasteiger charge is 2.09. The number of hydrogen-bond acceptors (Lipinski definition) is 3. The molecule has 122 valence electrons. The third-order valence-electron chi connectivity index (χ3n) is 2.98. The molecule has 1 amide bonds. The van der Waals surface area contributed by atoms with Gasteiger partial charge in [-0.15, -0.1) is 0 Å². The largest absolute Gasteiger partial charge is 0.381 e. The van der Waals surface area contributed by atoms with Gasteiger partial charge in [0, 0.05) is 42.6 Å². The molecule has 0 atom stereocenters. The standard InChI is InChI=1S/C17H24BrNO3/c1-13(2)12-22-11-3-10-19-17(21)9-8-16(20)14-4-6-15(18)7-5-14/h4-7,13H,3,8-12H2,1-2H3,(H,19,21). The van der Waals surface area contributed by atoms with Gasteiger partial charge in [-0.05, 0) is 24.5 Å². The van der Waals surface area contributed by atoms with E-state index in [9.17, 15) is 9.59 Å². The molecule has 0 aliphatic carbocycles. The van der Waals surface area contributed by atoms with Gasteiger partial charge in [0.1, 0.15) is 0 Å². The monoisotopic (exact) mass is 369 g/mol. The van der Waals surface area contributed by atoms with E-state index >= 15 is 0 Å². The highest BCUT2D eigenvalue weighted by atomic mass is 79.9. The second-order valence-corrected chi connectivity index (χ2v) is 6.52. The van der Waals surface area contributed by atoms with Gasteiger partial charge < -0.3 is 10.1 Å². The minimum absolute atomic E-state index is 0.0112. The van der Waals surface area contributed by atoms with Crippen LogP contribution in [0.2, 0.25) is 0 Å². The topological polar surface area (TPSA) is 55.4 Å². The molecular formula is C17H24BrNO3. The highest BCUT2D eigenvalue weighted by molar-refractivity contribution is 9.10. The van der Waals surface area contributed by atoms with Crippen molar-refractivity contribution in [3.63, 3.8) is 0 Å². The zero-order valence-corrected chi connectivity index (χ0v) is 14.8. The first-order valence-electron chi connectivity index (χ1n) is 7.62. The van der Waals surface area contributed by atoms with Gasteiger partial charge in [-0.1, -0.05) is 41.9 Å². The summed E-state index contributed by atoms with van der Waals surface area (Å²) in [6.45, 7) is 6.18. The van der Waals surface area contributed by atoms with E-state index in [1.54, 1.807) is 12.1 Å². The number of carbonyl (C=O) groups excluding carboxylic acids is 2. The molecule has 1 N–H and O–H groups in total. The Morgan fingerprint density at radius 2 is 1.86 bits per heavy atom. The maximum atomic E-state index is 11.9. The van der Waals surface area contributed by atoms with Crippen LogP contribution in [0.5, 0.6) is 0 Å². The zero-order chi connectivity index (χ0) is 16.4. The maximum absolute atomic E-state index is 11.9. The fourth-order valence-corrected chi connectivity index (χ4v) is 2.08. The summed E-state index contributed by atoms with van der Waals surface area (Å²) in [6, 6.07) is 7.17. The molecule has 0 bridgehead atoms. The first-order chi connectivity index (χ1) is 10.5. The van der Waals surface area contributed by atoms with E-state index in [0.29, 0.717) is 24.6 Å². The third kappa shape index (κ3) is 8.29. The van der Waals surface area contributed by atoms with Crippen molar-refractivity contribution in [1.29, 1.82) is 0 Å². The van der Waals surface area contributed by atoms with Gasteiger partial charge in [-0.3, -0.25) is 9.59 Å². The number of Topliss-reactive ketones (excluding diaryl/α,β-unsaturated/α-hetero) is 1. The minimum Gasteiger partial charge on any atom is -0.381 e. The average Bonchev–Trinajstić information content (AvgIpc) is 2.48. The molecule has 1 rings (SSSR count). The Labute approximate surface area is 140 Å². The van der Waals surface area contributed by atoms with Crippen LogP contribution in [0.4, 0.5) is 0 Å². The second kappa shape index (κ2) is 10.5. The first kappa shape index (κ1) is 18.8. The van der Waals surface area contributed by atoms with E-state index < -0.39 is 0 Å². The Morgan fingerprint density at radius 1 is 1.18 bits per heavy atom. The lowest BCUT2D eigenvalue weighted by atomic mass is 10.1. The van der Waals surface area contributed by atoms with Gasteiger partial charge in [-0.25, -0.2) is 0 Å². The molecule has 0 saturated carbocycles. The Bertz CT molecular complexity index is 471. The summed E-state index contributed by atoms with van der Waals surface area (Å²) in [5.41, 5.74) is 0.637. The van der Waals surface area contributed by atoms with Crippen LogP contribution in [-0.4, -0.2) is 31.4 Å². The van der Waals surface area contributed by atoms with Crippen molar-refractivity contribution in [3.8, 4) is 0 Å². The molecule has 0 unspecified atom stereocenters. The number of carbonyl (C=O) groups is 2. The van der Waals surface area contributed by atoms with Crippen LogP contribution in [0.25, 0.3) is 0 Å². The van der Waals surface area contributed by atoms with Crippen LogP contribution >= 0.6 is 15.9 Å². The summed E-state index contributed by atoms with van der Waals surface area (Å²) in [5.74, 6) is 0.427. The molecule has 0 spiro atoms. The summed E-state index contributed by atoms with van der Waals surface area (Å²) in [4.78, 5) is 23.6. The molecule has 5 heteroatoms. The van der Waals surface area contributed by atoms with Gasteiger partial charge in [-0.2, -0.15) is 0 Å². The van der Waals surface area contributed by atoms with Crippen molar-refractivity contribution in [2.75, 3.05) is 19.8 Å². The summed E-state index contributed by atoms with van der Waals surface area (Å²) in [7, 11) is 0. The predicted molar refractivity (Wildman–Crippen MR) is 91.0 cm³/mol. The molecule has 0 fully saturated rings. The van der Waals surface area contributed by atoms with Crippen LogP contribution in [0.15, 0.2) is 28.7 Å². The van der Waals surface area contributed by atoms with Crippen molar-refractivity contribution in [2.24, 2.45) is 5.92 Å². The van der Waals surface area contributed by atoms with Crippen LogP contribution in [0, 0.1) is 5.92 Å². The molecule has 22 heavy (non-hydrogen) atoms. The predicted octanol–water partition coefficient (Wildman–Crippen LogP) is 3.59. The van der Waals surface area contributed by atoms with Gasteiger partial charge in [0.2, 0.25) is 5.91 Å². The fourth-order valence-electron chi connectivity index (χ4n) is 1.82. The van der Waals surface area contributed by atoms with Gasteiger partial charge in [0.15, 0.2) is 5.78 Å². The lowest BCUT2D eigenvalue weighted by Gasteiger charge is -2.07. The number of amides is 1. The minimum atomic E-state index is -0.0886. The number of nitrogens with one attached hydrogen (secondary N) is 1. The Balaban J connectivity index is 2.12. The Kier molecular flexibility index (Phi) is 9.01. The number of hydrogen-bond donors (Lipinski definition) is 1. The van der Waals surface area contributed by atoms with Crippen molar-refractivity contribution in [2.45, 2.75) is 33.1 Å². The number of ether oxygens (including phenoxy) is 1. The smallest absolute Gasteiger partial charge is 0.220 e. The number of ketones is 1. The van der Waals surface area contributed by atoms with E-state index in [1.807, 2.05) is 12.1 Å². The molecule has 1 aromatic rings. The SMILES string of the molecule is CC(C)COCCCNC(=O)CCC(=O)c1ccc(Br)cc1. The van der Waals surface area contributed by atoms with Crippen LogP contribution in [0.3, 0.4) is 0 Å². The number of benzene rings is 1. The van der Waals surface area contributed by atoms with Gasteiger partial charge >= 0.3 is 0 Å². The molecular weight excluding hydrogens is 346 g/mol. The van der Waals surface area contributed by atoms with E-state index in [0.717, 1.165) is 17.5 Å². The quantitative estimate of drug-likeness (QED) is 0.506. The van der Waals surface area contributed by atoms with Gasteiger partial charge in [0.25, 0.3) is 0 Å². The molecule has 0 radical (unpaired) electrons. The van der Waals surface area contributed by atoms with E-state index in [1.165, 1.54) is 0 Å². The van der Waals surface area contributed by atoms with Crippen molar-refractivity contribution < 1.29 is 14.3 Å². The first-order valence-corrected chi connectivity index (χ1v) is 8.41. The van der Waals surface area contributed by atoms with Crippen molar-refractivity contribution >= 4 is 27.6 Å². The molecule has 0 aliphatic heterocycles. The number of halogens is 1. The maximum Gasteiger partial charge on any atom is 0.220 e. The Morgan fingerprint density at radius 3 is 2.50 bits per heavy atom. The molecule has 4 nitrogen and oxygen atoms in total. The van der Waals surface area contributed by atoms with E-state index in [4.69, 9.17) is 4.74 Å². The molecule has 0 aliphatic rings. The zero-order valence-electron chi connectivity index (χ0n) is 13.2. The molecule has 0 heterocycles. The summed E-state index contributed by atoms with van der Waals surface area (Å²) >= 11 is 3.33. The highest BCUT2D eigenvalue weighted by Crippen LogP contribution is 2.12. The lowest BCUT2D eigenvalue weighted by molar-refractivity contribution is -0.121. The van der Waals surface area contributed by atoms with Crippen LogP contribution in [0.1, 0.15) is 43.5 Å². The number of rotatable bonds is 10. The summed E-state index contributed by atoms with van der Waals surface area (Å²) in [5, 5.41) is 2.81. The third-order valence-corrected chi connectivity index (χ3v) is 3.51. The van der Waals surface area contributed by atoms with Crippen molar-refractivity contribution in [1.82, 2.24) is 5.32 Å². The summed E-state index contributed by atoms with van der Waals surface area (Å²) in [6.07, 6.45) is 1.25. The average molecular weight is 370 g/mol. The van der Waals surface area contributed by atoms with Crippen molar-refractivity contribution in [3.05, 3.63) is 34.3 Å². The molecule has 0 aromatic heterocycles. The normalized spacial score (nSPS) is 10.7. The van der Waals surface area contributed by atoms with Crippen LogP contribution in [-0.2, 0) is 9.53 Å².